The first-order chi connectivity index (χ1) is 9.11. The summed E-state index contributed by atoms with van der Waals surface area (Å²) in [4.78, 5) is 0. The van der Waals surface area contributed by atoms with E-state index >= 15 is 0 Å². The Balaban J connectivity index is 2.19. The molecule has 0 aliphatic rings. The number of benzene rings is 2. The van der Waals surface area contributed by atoms with Crippen LogP contribution in [0.15, 0.2) is 36.4 Å². The Morgan fingerprint density at radius 2 is 1.89 bits per heavy atom. The lowest BCUT2D eigenvalue weighted by Crippen LogP contribution is -2.00. The van der Waals surface area contributed by atoms with E-state index < -0.39 is 0 Å². The van der Waals surface area contributed by atoms with Crippen LogP contribution < -0.4 is 4.74 Å². The van der Waals surface area contributed by atoms with Gasteiger partial charge in [0.2, 0.25) is 0 Å². The maximum Gasteiger partial charge on any atom is 0.125 e. The summed E-state index contributed by atoms with van der Waals surface area (Å²) in [5, 5.41) is 0.647. The zero-order chi connectivity index (χ0) is 13.8. The third-order valence-corrected chi connectivity index (χ3v) is 3.72. The molecule has 0 bridgehead atoms. The summed E-state index contributed by atoms with van der Waals surface area (Å²) in [6.07, 6.45) is 0. The maximum atomic E-state index is 6.10. The Kier molecular flexibility index (Phi) is 4.73. The summed E-state index contributed by atoms with van der Waals surface area (Å²) < 4.78 is 5.86. The van der Waals surface area contributed by atoms with Crippen molar-refractivity contribution in [2.24, 2.45) is 0 Å². The van der Waals surface area contributed by atoms with Crippen LogP contribution in [0.1, 0.15) is 22.3 Å². The van der Waals surface area contributed by atoms with E-state index in [1.807, 2.05) is 18.2 Å². The average Bonchev–Trinajstić information content (AvgIpc) is 2.40. The highest BCUT2D eigenvalue weighted by Gasteiger charge is 2.08. The Labute approximate surface area is 124 Å². The van der Waals surface area contributed by atoms with Gasteiger partial charge in [0.25, 0.3) is 0 Å². The normalized spacial score (nSPS) is 10.5. The van der Waals surface area contributed by atoms with Crippen LogP contribution in [-0.4, -0.2) is 0 Å². The van der Waals surface area contributed by atoms with Gasteiger partial charge < -0.3 is 4.74 Å². The topological polar surface area (TPSA) is 9.23 Å². The van der Waals surface area contributed by atoms with Gasteiger partial charge in [0.05, 0.1) is 5.88 Å². The van der Waals surface area contributed by atoms with Crippen molar-refractivity contribution in [3.63, 3.8) is 0 Å². The van der Waals surface area contributed by atoms with Gasteiger partial charge in [0, 0.05) is 10.6 Å². The molecule has 19 heavy (non-hydrogen) atoms. The van der Waals surface area contributed by atoms with Crippen LogP contribution in [0.5, 0.6) is 5.75 Å². The highest BCUT2D eigenvalue weighted by Crippen LogP contribution is 2.28. The predicted octanol–water partition coefficient (Wildman–Crippen LogP) is 5.27. The Morgan fingerprint density at radius 3 is 2.63 bits per heavy atom. The number of ether oxygens (including phenoxy) is 1. The molecule has 0 saturated carbocycles. The maximum absolute atomic E-state index is 6.10. The van der Waals surface area contributed by atoms with Gasteiger partial charge in [-0.1, -0.05) is 41.4 Å². The minimum atomic E-state index is 0.349. The molecule has 0 radical (unpaired) electrons. The van der Waals surface area contributed by atoms with Crippen molar-refractivity contribution < 1.29 is 4.74 Å². The molecule has 0 aliphatic carbocycles. The summed E-state index contributed by atoms with van der Waals surface area (Å²) in [7, 11) is 0. The van der Waals surface area contributed by atoms with E-state index in [4.69, 9.17) is 27.9 Å². The summed E-state index contributed by atoms with van der Waals surface area (Å²) >= 11 is 12.0. The van der Waals surface area contributed by atoms with E-state index in [-0.39, 0.29) is 0 Å². The lowest BCUT2D eigenvalue weighted by molar-refractivity contribution is 0.303. The largest absolute Gasteiger partial charge is 0.489 e. The quantitative estimate of drug-likeness (QED) is 0.698. The van der Waals surface area contributed by atoms with E-state index in [2.05, 4.69) is 32.0 Å². The lowest BCUT2D eigenvalue weighted by Gasteiger charge is -2.13. The Hall–Kier alpha value is -1.18. The van der Waals surface area contributed by atoms with Crippen LogP contribution in [0.3, 0.4) is 0 Å². The van der Waals surface area contributed by atoms with Crippen LogP contribution in [-0.2, 0) is 12.5 Å². The van der Waals surface area contributed by atoms with Gasteiger partial charge in [-0.3, -0.25) is 0 Å². The van der Waals surface area contributed by atoms with Crippen LogP contribution in [0.4, 0.5) is 0 Å². The van der Waals surface area contributed by atoms with Gasteiger partial charge in [-0.15, -0.1) is 11.6 Å². The van der Waals surface area contributed by atoms with Gasteiger partial charge >= 0.3 is 0 Å². The molecule has 0 atom stereocenters. The average molecular weight is 295 g/mol. The predicted molar refractivity (Wildman–Crippen MR) is 81.3 cm³/mol. The van der Waals surface area contributed by atoms with Crippen LogP contribution in [0.2, 0.25) is 5.02 Å². The zero-order valence-corrected chi connectivity index (χ0v) is 12.6. The molecule has 0 spiro atoms. The van der Waals surface area contributed by atoms with Crippen molar-refractivity contribution in [1.82, 2.24) is 0 Å². The lowest BCUT2D eigenvalue weighted by atomic mass is 10.1. The van der Waals surface area contributed by atoms with Crippen molar-refractivity contribution in [2.45, 2.75) is 26.3 Å². The fourth-order valence-corrected chi connectivity index (χ4v) is 2.49. The molecule has 0 saturated heterocycles. The van der Waals surface area contributed by atoms with Crippen molar-refractivity contribution >= 4 is 23.2 Å². The molecule has 0 aliphatic heterocycles. The Bertz CT molecular complexity index is 579. The first-order valence-corrected chi connectivity index (χ1v) is 7.05. The summed E-state index contributed by atoms with van der Waals surface area (Å²) in [6.45, 7) is 4.68. The first kappa shape index (κ1) is 14.2. The Morgan fingerprint density at radius 1 is 1.11 bits per heavy atom. The van der Waals surface area contributed by atoms with Crippen molar-refractivity contribution in [3.8, 4) is 5.75 Å². The third-order valence-electron chi connectivity index (χ3n) is 3.10. The van der Waals surface area contributed by atoms with Crippen molar-refractivity contribution in [1.29, 1.82) is 0 Å². The van der Waals surface area contributed by atoms with Crippen molar-refractivity contribution in [3.05, 3.63) is 63.7 Å². The van der Waals surface area contributed by atoms with E-state index in [1.165, 1.54) is 16.7 Å². The van der Waals surface area contributed by atoms with Gasteiger partial charge in [0.1, 0.15) is 12.4 Å². The number of rotatable bonds is 4. The molecular weight excluding hydrogens is 279 g/mol. The molecule has 0 aromatic heterocycles. The van der Waals surface area contributed by atoms with Crippen LogP contribution >= 0.6 is 23.2 Å². The standard InChI is InChI=1S/C16H16Cl2O/c1-11-6-7-12(2)13(8-11)10-19-16-5-3-4-15(18)14(16)9-17/h3-8H,9-10H2,1-2H3. The molecule has 0 amide bonds. The molecule has 2 aromatic rings. The zero-order valence-electron chi connectivity index (χ0n) is 11.0. The number of halogens is 2. The van der Waals surface area contributed by atoms with Gasteiger partial charge in [-0.25, -0.2) is 0 Å². The van der Waals surface area contributed by atoms with Gasteiger partial charge in [-0.05, 0) is 37.1 Å². The molecular formula is C16H16Cl2O. The molecule has 0 heterocycles. The minimum Gasteiger partial charge on any atom is -0.489 e. The first-order valence-electron chi connectivity index (χ1n) is 6.14. The SMILES string of the molecule is Cc1ccc(C)c(COc2cccc(Cl)c2CCl)c1. The fraction of sp³-hybridized carbons (Fsp3) is 0.250. The second-order valence-electron chi connectivity index (χ2n) is 4.57. The summed E-state index contributed by atoms with van der Waals surface area (Å²) in [5.41, 5.74) is 4.48. The number of hydrogen-bond donors (Lipinski definition) is 0. The van der Waals surface area contributed by atoms with E-state index in [9.17, 15) is 0 Å². The number of aryl methyl sites for hydroxylation is 2. The van der Waals surface area contributed by atoms with E-state index in [0.29, 0.717) is 17.5 Å². The highest BCUT2D eigenvalue weighted by molar-refractivity contribution is 6.32. The summed E-state index contributed by atoms with van der Waals surface area (Å²) in [5.74, 6) is 1.10. The minimum absolute atomic E-state index is 0.349. The molecule has 0 N–H and O–H groups in total. The molecule has 1 nitrogen and oxygen atoms in total. The summed E-state index contributed by atoms with van der Waals surface area (Å²) in [6, 6.07) is 11.9. The molecule has 100 valence electrons. The van der Waals surface area contributed by atoms with Crippen molar-refractivity contribution in [2.75, 3.05) is 0 Å². The molecule has 0 unspecified atom stereocenters. The van der Waals surface area contributed by atoms with E-state index in [0.717, 1.165) is 11.3 Å². The van der Waals surface area contributed by atoms with Crippen LogP contribution in [0.25, 0.3) is 0 Å². The molecule has 0 fully saturated rings. The van der Waals surface area contributed by atoms with Gasteiger partial charge in [-0.2, -0.15) is 0 Å². The number of alkyl halides is 1. The smallest absolute Gasteiger partial charge is 0.125 e. The molecule has 2 aromatic carbocycles. The molecule has 2 rings (SSSR count). The third kappa shape index (κ3) is 3.43. The second kappa shape index (κ2) is 6.31. The highest BCUT2D eigenvalue weighted by atomic mass is 35.5. The monoisotopic (exact) mass is 294 g/mol. The fourth-order valence-electron chi connectivity index (χ4n) is 1.92. The van der Waals surface area contributed by atoms with E-state index in [1.54, 1.807) is 0 Å². The van der Waals surface area contributed by atoms with Gasteiger partial charge in [0.15, 0.2) is 0 Å². The van der Waals surface area contributed by atoms with Crippen LogP contribution in [0, 0.1) is 13.8 Å². The number of hydrogen-bond acceptors (Lipinski definition) is 1. The second-order valence-corrected chi connectivity index (χ2v) is 5.24. The molecule has 3 heteroatoms.